The Labute approximate surface area is 150 Å². The quantitative estimate of drug-likeness (QED) is 0.609. The van der Waals surface area contributed by atoms with E-state index in [0.717, 1.165) is 0 Å². The summed E-state index contributed by atoms with van der Waals surface area (Å²) in [4.78, 5) is 23.4. The van der Waals surface area contributed by atoms with Gasteiger partial charge < -0.3 is 10.1 Å². The smallest absolute Gasteiger partial charge is 0.248 e. The Morgan fingerprint density at radius 2 is 1.92 bits per heavy atom. The molecule has 2 rings (SSSR count). The molecule has 0 spiro atoms. The van der Waals surface area contributed by atoms with Crippen LogP contribution in [0.4, 0.5) is 5.69 Å². The van der Waals surface area contributed by atoms with Gasteiger partial charge in [0.25, 0.3) is 0 Å². The van der Waals surface area contributed by atoms with Crippen LogP contribution in [0.15, 0.2) is 42.5 Å². The van der Waals surface area contributed by atoms with E-state index in [4.69, 9.17) is 27.9 Å². The predicted octanol–water partition coefficient (Wildman–Crippen LogP) is 4.86. The molecule has 0 saturated heterocycles. The van der Waals surface area contributed by atoms with Crippen LogP contribution >= 0.6 is 23.2 Å². The van der Waals surface area contributed by atoms with Gasteiger partial charge in [-0.15, -0.1) is 0 Å². The molecule has 0 aromatic heterocycles. The summed E-state index contributed by atoms with van der Waals surface area (Å²) in [6, 6.07) is 9.92. The molecule has 0 atom stereocenters. The average molecular weight is 364 g/mol. The zero-order chi connectivity index (χ0) is 17.7. The normalized spacial score (nSPS) is 10.7. The number of carbonyl (C=O) groups is 2. The van der Waals surface area contributed by atoms with Crippen molar-refractivity contribution in [3.63, 3.8) is 0 Å². The van der Waals surface area contributed by atoms with Crippen LogP contribution in [0, 0.1) is 0 Å². The van der Waals surface area contributed by atoms with Crippen molar-refractivity contribution in [1.82, 2.24) is 0 Å². The highest BCUT2D eigenvalue weighted by Crippen LogP contribution is 2.32. The van der Waals surface area contributed by atoms with Gasteiger partial charge in [0.05, 0.1) is 12.1 Å². The largest absolute Gasteiger partial charge is 0.495 e. The van der Waals surface area contributed by atoms with Gasteiger partial charge in [0.2, 0.25) is 5.91 Å². The second-order valence-electron chi connectivity index (χ2n) is 4.97. The molecule has 0 heterocycles. The molecule has 4 nitrogen and oxygen atoms in total. The molecule has 2 aromatic rings. The monoisotopic (exact) mass is 363 g/mol. The van der Waals surface area contributed by atoms with E-state index < -0.39 is 0 Å². The van der Waals surface area contributed by atoms with Crippen molar-refractivity contribution in [3.8, 4) is 5.75 Å². The molecule has 1 amide bonds. The third-order valence-corrected chi connectivity index (χ3v) is 3.69. The molecule has 0 bridgehead atoms. The lowest BCUT2D eigenvalue weighted by Gasteiger charge is -2.08. The van der Waals surface area contributed by atoms with E-state index >= 15 is 0 Å². The number of halogens is 2. The fourth-order valence-electron chi connectivity index (χ4n) is 2.08. The van der Waals surface area contributed by atoms with Gasteiger partial charge in [0.15, 0.2) is 5.78 Å². The summed E-state index contributed by atoms with van der Waals surface area (Å²) in [6.07, 6.45) is 2.89. The van der Waals surface area contributed by atoms with Crippen LogP contribution in [0.25, 0.3) is 6.08 Å². The van der Waals surface area contributed by atoms with Gasteiger partial charge in [-0.1, -0.05) is 35.3 Å². The Morgan fingerprint density at radius 3 is 2.58 bits per heavy atom. The molecule has 24 heavy (non-hydrogen) atoms. The average Bonchev–Trinajstić information content (AvgIpc) is 2.52. The number of ether oxygens (including phenoxy) is 1. The second-order valence-corrected chi connectivity index (χ2v) is 5.81. The Bertz CT molecular complexity index is 816. The number of hydrogen-bond acceptors (Lipinski definition) is 3. The number of ketones is 1. The standard InChI is InChI=1S/C18H15Cl2NO3/c1-11(22)12-4-3-5-15(9-12)21-17(23)7-6-13-8-14(19)10-16(20)18(13)24-2/h3-10H,1-2H3,(H,21,23). The van der Waals surface area contributed by atoms with Crippen molar-refractivity contribution in [2.75, 3.05) is 12.4 Å². The zero-order valence-corrected chi connectivity index (χ0v) is 14.6. The topological polar surface area (TPSA) is 55.4 Å². The van der Waals surface area contributed by atoms with Crippen LogP contribution in [0.2, 0.25) is 10.0 Å². The van der Waals surface area contributed by atoms with Crippen molar-refractivity contribution >= 4 is 46.7 Å². The molecule has 0 aliphatic rings. The maximum absolute atomic E-state index is 12.0. The first-order valence-electron chi connectivity index (χ1n) is 7.04. The van der Waals surface area contributed by atoms with Crippen LogP contribution < -0.4 is 10.1 Å². The number of nitrogens with one attached hydrogen (secondary N) is 1. The number of methoxy groups -OCH3 is 1. The maximum Gasteiger partial charge on any atom is 0.248 e. The minimum absolute atomic E-state index is 0.0695. The first kappa shape index (κ1) is 18.0. The zero-order valence-electron chi connectivity index (χ0n) is 13.1. The first-order valence-corrected chi connectivity index (χ1v) is 7.79. The van der Waals surface area contributed by atoms with Crippen molar-refractivity contribution in [3.05, 3.63) is 63.6 Å². The summed E-state index contributed by atoms with van der Waals surface area (Å²) < 4.78 is 5.21. The van der Waals surface area contributed by atoms with Crippen molar-refractivity contribution in [2.24, 2.45) is 0 Å². The van der Waals surface area contributed by atoms with E-state index in [1.165, 1.54) is 20.1 Å². The van der Waals surface area contributed by atoms with Crippen LogP contribution in [-0.4, -0.2) is 18.8 Å². The summed E-state index contributed by atoms with van der Waals surface area (Å²) in [6.45, 7) is 1.47. The SMILES string of the molecule is COc1c(Cl)cc(Cl)cc1C=CC(=O)Nc1cccc(C(C)=O)c1. The Hall–Kier alpha value is -2.30. The van der Waals surface area contributed by atoms with E-state index in [-0.39, 0.29) is 11.7 Å². The number of hydrogen-bond donors (Lipinski definition) is 1. The number of anilines is 1. The molecule has 0 aliphatic heterocycles. The number of benzene rings is 2. The van der Waals surface area contributed by atoms with Gasteiger partial charge in [0.1, 0.15) is 5.75 Å². The number of amides is 1. The summed E-state index contributed by atoms with van der Waals surface area (Å²) in [5.74, 6) is 0.0116. The van der Waals surface area contributed by atoms with Gasteiger partial charge in [-0.2, -0.15) is 0 Å². The summed E-state index contributed by atoms with van der Waals surface area (Å²) >= 11 is 12.0. The highest BCUT2D eigenvalue weighted by Gasteiger charge is 2.08. The van der Waals surface area contributed by atoms with Gasteiger partial charge in [0, 0.05) is 27.9 Å². The molecular formula is C18H15Cl2NO3. The third kappa shape index (κ3) is 4.60. The van der Waals surface area contributed by atoms with E-state index in [1.54, 1.807) is 42.5 Å². The molecule has 6 heteroatoms. The van der Waals surface area contributed by atoms with Crippen molar-refractivity contribution in [2.45, 2.75) is 6.92 Å². The Morgan fingerprint density at radius 1 is 1.17 bits per heavy atom. The summed E-state index contributed by atoms with van der Waals surface area (Å²) in [5, 5.41) is 3.49. The fraction of sp³-hybridized carbons (Fsp3) is 0.111. The van der Waals surface area contributed by atoms with Gasteiger partial charge in [-0.3, -0.25) is 9.59 Å². The molecule has 124 valence electrons. The van der Waals surface area contributed by atoms with Crippen molar-refractivity contribution < 1.29 is 14.3 Å². The van der Waals surface area contributed by atoms with E-state index in [0.29, 0.717) is 32.6 Å². The number of rotatable bonds is 5. The van der Waals surface area contributed by atoms with Gasteiger partial charge in [-0.25, -0.2) is 0 Å². The molecule has 0 radical (unpaired) electrons. The third-order valence-electron chi connectivity index (χ3n) is 3.19. The predicted molar refractivity (Wildman–Crippen MR) is 97.1 cm³/mol. The van der Waals surface area contributed by atoms with E-state index in [9.17, 15) is 9.59 Å². The molecule has 0 saturated carbocycles. The lowest BCUT2D eigenvalue weighted by atomic mass is 10.1. The number of carbonyl (C=O) groups excluding carboxylic acids is 2. The van der Waals surface area contributed by atoms with Crippen LogP contribution in [-0.2, 0) is 4.79 Å². The summed E-state index contributed by atoms with van der Waals surface area (Å²) in [7, 11) is 1.49. The van der Waals surface area contributed by atoms with Gasteiger partial charge in [-0.05, 0) is 37.3 Å². The molecule has 0 fully saturated rings. The first-order chi connectivity index (χ1) is 11.4. The Kier molecular flexibility index (Phi) is 6.01. The lowest BCUT2D eigenvalue weighted by molar-refractivity contribution is -0.111. The van der Waals surface area contributed by atoms with E-state index in [2.05, 4.69) is 5.32 Å². The maximum atomic E-state index is 12.0. The Balaban J connectivity index is 2.17. The number of Topliss-reactive ketones (excluding diaryl/α,β-unsaturated/α-hetero) is 1. The van der Waals surface area contributed by atoms with Crippen LogP contribution in [0.1, 0.15) is 22.8 Å². The van der Waals surface area contributed by atoms with Crippen LogP contribution in [0.3, 0.4) is 0 Å². The molecule has 0 aliphatic carbocycles. The molecule has 0 unspecified atom stereocenters. The van der Waals surface area contributed by atoms with E-state index in [1.807, 2.05) is 0 Å². The van der Waals surface area contributed by atoms with Gasteiger partial charge >= 0.3 is 0 Å². The lowest BCUT2D eigenvalue weighted by Crippen LogP contribution is -2.08. The molecule has 1 N–H and O–H groups in total. The second kappa shape index (κ2) is 7.99. The highest BCUT2D eigenvalue weighted by atomic mass is 35.5. The molecule has 2 aromatic carbocycles. The minimum atomic E-state index is -0.353. The van der Waals surface area contributed by atoms with Crippen molar-refractivity contribution in [1.29, 1.82) is 0 Å². The molecular weight excluding hydrogens is 349 g/mol. The minimum Gasteiger partial charge on any atom is -0.495 e. The summed E-state index contributed by atoms with van der Waals surface area (Å²) in [5.41, 5.74) is 1.65. The van der Waals surface area contributed by atoms with Crippen LogP contribution in [0.5, 0.6) is 5.75 Å². The fourth-order valence-corrected chi connectivity index (χ4v) is 2.67. The highest BCUT2D eigenvalue weighted by molar-refractivity contribution is 6.36.